The SMILES string of the molecule is CCOC(=O)C(C(C)C)C1(O)CCCC(C(F)(F)F)C1. The Bertz CT molecular complexity index is 341. The van der Waals surface area contributed by atoms with Gasteiger partial charge in [-0.2, -0.15) is 13.2 Å². The molecule has 0 aliphatic heterocycles. The number of alkyl halides is 3. The monoisotopic (exact) mass is 296 g/mol. The van der Waals surface area contributed by atoms with Crippen LogP contribution in [-0.2, 0) is 9.53 Å². The zero-order valence-corrected chi connectivity index (χ0v) is 12.2. The molecule has 6 heteroatoms. The quantitative estimate of drug-likeness (QED) is 0.810. The average Bonchev–Trinajstić information content (AvgIpc) is 2.27. The zero-order valence-electron chi connectivity index (χ0n) is 12.2. The molecule has 0 heterocycles. The molecule has 1 rings (SSSR count). The van der Waals surface area contributed by atoms with Gasteiger partial charge in [-0.1, -0.05) is 13.8 Å². The topological polar surface area (TPSA) is 46.5 Å². The smallest absolute Gasteiger partial charge is 0.391 e. The molecule has 20 heavy (non-hydrogen) atoms. The third-order valence-electron chi connectivity index (χ3n) is 4.01. The lowest BCUT2D eigenvalue weighted by Crippen LogP contribution is -2.50. The van der Waals surface area contributed by atoms with Crippen LogP contribution < -0.4 is 0 Å². The van der Waals surface area contributed by atoms with Gasteiger partial charge in [0.2, 0.25) is 0 Å². The molecule has 3 unspecified atom stereocenters. The maximum atomic E-state index is 12.9. The van der Waals surface area contributed by atoms with Crippen molar-refractivity contribution in [2.45, 2.75) is 58.2 Å². The Kier molecular flexibility index (Phi) is 5.46. The molecule has 1 fully saturated rings. The summed E-state index contributed by atoms with van der Waals surface area (Å²) in [5.74, 6) is -3.33. The van der Waals surface area contributed by atoms with Gasteiger partial charge in [-0.25, -0.2) is 0 Å². The van der Waals surface area contributed by atoms with Gasteiger partial charge in [0.05, 0.1) is 24.0 Å². The molecule has 1 aliphatic rings. The summed E-state index contributed by atoms with van der Waals surface area (Å²) in [6, 6.07) is 0. The second-order valence-corrected chi connectivity index (χ2v) is 5.91. The van der Waals surface area contributed by atoms with Crippen molar-refractivity contribution in [3.8, 4) is 0 Å². The van der Waals surface area contributed by atoms with Crippen molar-refractivity contribution in [3.63, 3.8) is 0 Å². The summed E-state index contributed by atoms with van der Waals surface area (Å²) in [6.07, 6.45) is -4.26. The van der Waals surface area contributed by atoms with Gasteiger partial charge < -0.3 is 9.84 Å². The molecule has 1 saturated carbocycles. The third-order valence-corrected chi connectivity index (χ3v) is 4.01. The summed E-state index contributed by atoms with van der Waals surface area (Å²) < 4.78 is 43.5. The standard InChI is InChI=1S/C14H23F3O3/c1-4-20-12(18)11(9(2)3)13(19)7-5-6-10(8-13)14(15,16)17/h9-11,19H,4-8H2,1-3H3. The Morgan fingerprint density at radius 1 is 1.45 bits per heavy atom. The highest BCUT2D eigenvalue weighted by Crippen LogP contribution is 2.46. The van der Waals surface area contributed by atoms with Gasteiger partial charge in [-0.15, -0.1) is 0 Å². The lowest BCUT2D eigenvalue weighted by atomic mass is 9.68. The highest BCUT2D eigenvalue weighted by Gasteiger charge is 2.52. The van der Waals surface area contributed by atoms with Crippen molar-refractivity contribution in [2.75, 3.05) is 6.61 Å². The first kappa shape index (κ1) is 17.3. The van der Waals surface area contributed by atoms with E-state index < -0.39 is 36.0 Å². The maximum absolute atomic E-state index is 12.9. The fourth-order valence-electron chi connectivity index (χ4n) is 3.19. The minimum Gasteiger partial charge on any atom is -0.466 e. The molecule has 0 aromatic heterocycles. The summed E-state index contributed by atoms with van der Waals surface area (Å²) in [5.41, 5.74) is -1.63. The fraction of sp³-hybridized carbons (Fsp3) is 0.929. The first-order chi connectivity index (χ1) is 9.12. The summed E-state index contributed by atoms with van der Waals surface area (Å²) in [4.78, 5) is 12.0. The summed E-state index contributed by atoms with van der Waals surface area (Å²) in [6.45, 7) is 5.23. The predicted octanol–water partition coefficient (Wildman–Crippen LogP) is 3.31. The van der Waals surface area contributed by atoms with Crippen molar-refractivity contribution >= 4 is 5.97 Å². The number of carbonyl (C=O) groups is 1. The largest absolute Gasteiger partial charge is 0.466 e. The number of rotatable bonds is 4. The van der Waals surface area contributed by atoms with Crippen LogP contribution in [0.2, 0.25) is 0 Å². The van der Waals surface area contributed by atoms with Crippen molar-refractivity contribution in [1.82, 2.24) is 0 Å². The lowest BCUT2D eigenvalue weighted by Gasteiger charge is -2.43. The molecule has 1 N–H and O–H groups in total. The summed E-state index contributed by atoms with van der Waals surface area (Å²) in [5, 5.41) is 10.6. The van der Waals surface area contributed by atoms with Gasteiger partial charge in [0, 0.05) is 0 Å². The van der Waals surface area contributed by atoms with Crippen LogP contribution in [0.25, 0.3) is 0 Å². The van der Waals surface area contributed by atoms with E-state index in [2.05, 4.69) is 0 Å². The van der Waals surface area contributed by atoms with Crippen LogP contribution >= 0.6 is 0 Å². The number of hydrogen-bond acceptors (Lipinski definition) is 3. The van der Waals surface area contributed by atoms with E-state index in [1.807, 2.05) is 0 Å². The van der Waals surface area contributed by atoms with Crippen LogP contribution in [0.3, 0.4) is 0 Å². The van der Waals surface area contributed by atoms with Gasteiger partial charge in [0.15, 0.2) is 0 Å². The molecule has 0 amide bonds. The Balaban J connectivity index is 2.95. The molecule has 118 valence electrons. The Hall–Kier alpha value is -0.780. The zero-order chi connectivity index (χ0) is 15.6. The lowest BCUT2D eigenvalue weighted by molar-refractivity contribution is -0.212. The van der Waals surface area contributed by atoms with Gasteiger partial charge >= 0.3 is 12.1 Å². The number of carbonyl (C=O) groups excluding carboxylic acids is 1. The van der Waals surface area contributed by atoms with E-state index in [1.54, 1.807) is 20.8 Å². The van der Waals surface area contributed by atoms with Crippen LogP contribution in [0.1, 0.15) is 46.5 Å². The molecule has 0 bridgehead atoms. The number of aliphatic hydroxyl groups is 1. The summed E-state index contributed by atoms with van der Waals surface area (Å²) in [7, 11) is 0. The number of esters is 1. The maximum Gasteiger partial charge on any atom is 0.391 e. The highest BCUT2D eigenvalue weighted by atomic mass is 19.4. The van der Waals surface area contributed by atoms with E-state index >= 15 is 0 Å². The second kappa shape index (κ2) is 6.33. The molecule has 3 atom stereocenters. The minimum atomic E-state index is -4.33. The van der Waals surface area contributed by atoms with E-state index in [4.69, 9.17) is 4.74 Å². The van der Waals surface area contributed by atoms with Gasteiger partial charge in [-0.05, 0) is 38.5 Å². The summed E-state index contributed by atoms with van der Waals surface area (Å²) >= 11 is 0. The normalized spacial score (nSPS) is 29.3. The fourth-order valence-corrected chi connectivity index (χ4v) is 3.19. The molecule has 0 spiro atoms. The minimum absolute atomic E-state index is 0.0133. The van der Waals surface area contributed by atoms with Crippen molar-refractivity contribution in [2.24, 2.45) is 17.8 Å². The van der Waals surface area contributed by atoms with E-state index in [1.165, 1.54) is 0 Å². The number of ether oxygens (including phenoxy) is 1. The van der Waals surface area contributed by atoms with Crippen molar-refractivity contribution in [3.05, 3.63) is 0 Å². The van der Waals surface area contributed by atoms with Crippen LogP contribution in [0, 0.1) is 17.8 Å². The molecule has 0 saturated heterocycles. The van der Waals surface area contributed by atoms with E-state index in [0.717, 1.165) is 0 Å². The molecule has 0 radical (unpaired) electrons. The van der Waals surface area contributed by atoms with Gasteiger partial charge in [0.1, 0.15) is 0 Å². The van der Waals surface area contributed by atoms with Crippen molar-refractivity contribution < 1.29 is 27.8 Å². The van der Waals surface area contributed by atoms with Gasteiger partial charge in [-0.3, -0.25) is 4.79 Å². The van der Waals surface area contributed by atoms with E-state index in [-0.39, 0.29) is 31.8 Å². The van der Waals surface area contributed by atoms with E-state index in [9.17, 15) is 23.1 Å². The molecule has 0 aromatic rings. The Morgan fingerprint density at radius 3 is 2.50 bits per heavy atom. The van der Waals surface area contributed by atoms with Crippen molar-refractivity contribution in [1.29, 1.82) is 0 Å². The van der Waals surface area contributed by atoms with Crippen LogP contribution in [0.15, 0.2) is 0 Å². The molecule has 1 aliphatic carbocycles. The highest BCUT2D eigenvalue weighted by molar-refractivity contribution is 5.74. The molecular formula is C14H23F3O3. The van der Waals surface area contributed by atoms with Crippen LogP contribution in [0.4, 0.5) is 13.2 Å². The first-order valence-corrected chi connectivity index (χ1v) is 7.07. The Labute approximate surface area is 117 Å². The van der Waals surface area contributed by atoms with Crippen LogP contribution in [0.5, 0.6) is 0 Å². The predicted molar refractivity (Wildman–Crippen MR) is 67.9 cm³/mol. The third kappa shape index (κ3) is 3.87. The molecular weight excluding hydrogens is 273 g/mol. The average molecular weight is 296 g/mol. The Morgan fingerprint density at radius 2 is 2.05 bits per heavy atom. The molecule has 0 aromatic carbocycles. The van der Waals surface area contributed by atoms with Crippen LogP contribution in [-0.4, -0.2) is 29.5 Å². The van der Waals surface area contributed by atoms with E-state index in [0.29, 0.717) is 0 Å². The second-order valence-electron chi connectivity index (χ2n) is 5.91. The van der Waals surface area contributed by atoms with Gasteiger partial charge in [0.25, 0.3) is 0 Å². The number of halogens is 3. The molecule has 3 nitrogen and oxygen atoms in total. The first-order valence-electron chi connectivity index (χ1n) is 7.07. The number of hydrogen-bond donors (Lipinski definition) is 1.